The first kappa shape index (κ1) is 14.8. The van der Waals surface area contributed by atoms with E-state index < -0.39 is 12.0 Å². The third kappa shape index (κ3) is 2.42. The second kappa shape index (κ2) is 5.37. The van der Waals surface area contributed by atoms with Gasteiger partial charge >= 0.3 is 6.18 Å². The monoisotopic (exact) mass is 352 g/mol. The fourth-order valence-corrected chi connectivity index (χ4v) is 2.69. The molecule has 0 aromatic carbocycles. The van der Waals surface area contributed by atoms with E-state index >= 15 is 0 Å². The molecule has 0 saturated carbocycles. The third-order valence-corrected chi connectivity index (χ3v) is 3.88. The minimum absolute atomic E-state index is 0.00595. The van der Waals surface area contributed by atoms with Crippen LogP contribution in [-0.2, 0) is 12.8 Å². The molecule has 24 heavy (non-hydrogen) atoms. The number of halogens is 3. The topological polar surface area (TPSA) is 78.1 Å². The molecule has 7 nitrogen and oxygen atoms in total. The lowest BCUT2D eigenvalue weighted by molar-refractivity contribution is -0.145. The summed E-state index contributed by atoms with van der Waals surface area (Å²) in [5, 5.41) is 9.25. The van der Waals surface area contributed by atoms with Crippen LogP contribution in [0.3, 0.4) is 0 Å². The summed E-state index contributed by atoms with van der Waals surface area (Å²) >= 11 is 1.36. The molecule has 0 amide bonds. The molecule has 11 heteroatoms. The van der Waals surface area contributed by atoms with E-state index in [2.05, 4.69) is 25.1 Å². The summed E-state index contributed by atoms with van der Waals surface area (Å²) in [5.74, 6) is -1.24. The summed E-state index contributed by atoms with van der Waals surface area (Å²) in [6.07, 6.45) is -1.70. The molecular weight excluding hydrogens is 345 g/mol. The Hall–Kier alpha value is -2.82. The predicted octanol–water partition coefficient (Wildman–Crippen LogP) is 2.73. The second-order valence-corrected chi connectivity index (χ2v) is 5.64. The second-order valence-electron chi connectivity index (χ2n) is 4.66. The van der Waals surface area contributed by atoms with E-state index in [0.29, 0.717) is 5.01 Å². The zero-order chi connectivity index (χ0) is 16.7. The molecular formula is C13H7F3N6OS. The van der Waals surface area contributed by atoms with Crippen molar-refractivity contribution in [1.82, 2.24) is 29.5 Å². The van der Waals surface area contributed by atoms with Crippen LogP contribution < -0.4 is 4.74 Å². The zero-order valence-corrected chi connectivity index (χ0v) is 12.5. The summed E-state index contributed by atoms with van der Waals surface area (Å²) in [5.41, 5.74) is 0.0981. The highest BCUT2D eigenvalue weighted by Crippen LogP contribution is 2.31. The number of hydrogen-bond acceptors (Lipinski definition) is 7. The maximum absolute atomic E-state index is 13.2. The van der Waals surface area contributed by atoms with E-state index in [0.717, 1.165) is 4.40 Å². The lowest BCUT2D eigenvalue weighted by Gasteiger charge is -2.09. The van der Waals surface area contributed by atoms with E-state index in [1.54, 1.807) is 17.6 Å². The SMILES string of the molecule is FC(F)(F)c1nnc2c(OCc3nccs3)nc3cccnc3n12. The number of fused-ring (bicyclic) bond motifs is 3. The van der Waals surface area contributed by atoms with Gasteiger partial charge in [-0.1, -0.05) is 0 Å². The number of thiazole rings is 1. The summed E-state index contributed by atoms with van der Waals surface area (Å²) in [4.78, 5) is 12.2. The summed E-state index contributed by atoms with van der Waals surface area (Å²) in [6.45, 7) is 0.0697. The first-order valence-corrected chi connectivity index (χ1v) is 7.50. The van der Waals surface area contributed by atoms with Crippen LogP contribution in [0.1, 0.15) is 10.8 Å². The number of pyridine rings is 1. The molecule has 4 aromatic rings. The molecule has 4 heterocycles. The van der Waals surface area contributed by atoms with Gasteiger partial charge in [-0.05, 0) is 12.1 Å². The van der Waals surface area contributed by atoms with E-state index in [9.17, 15) is 13.2 Å². The van der Waals surface area contributed by atoms with Crippen LogP contribution >= 0.6 is 11.3 Å². The van der Waals surface area contributed by atoms with Gasteiger partial charge in [-0.3, -0.25) is 0 Å². The highest BCUT2D eigenvalue weighted by Gasteiger charge is 2.38. The van der Waals surface area contributed by atoms with Crippen LogP contribution in [0.5, 0.6) is 5.88 Å². The third-order valence-electron chi connectivity index (χ3n) is 3.12. The predicted molar refractivity (Wildman–Crippen MR) is 77.5 cm³/mol. The van der Waals surface area contributed by atoms with Gasteiger partial charge in [0.2, 0.25) is 11.5 Å². The molecule has 0 unspecified atom stereocenters. The smallest absolute Gasteiger partial charge is 0.452 e. The van der Waals surface area contributed by atoms with Gasteiger partial charge in [0.15, 0.2) is 5.65 Å². The van der Waals surface area contributed by atoms with Gasteiger partial charge in [0.1, 0.15) is 17.1 Å². The Morgan fingerprint density at radius 3 is 2.75 bits per heavy atom. The Labute approximate surface area is 135 Å². The minimum Gasteiger partial charge on any atom is -0.468 e. The molecule has 0 aliphatic carbocycles. The molecule has 0 aliphatic heterocycles. The van der Waals surface area contributed by atoms with Crippen molar-refractivity contribution in [3.63, 3.8) is 0 Å². The zero-order valence-electron chi connectivity index (χ0n) is 11.7. The fraction of sp³-hybridized carbons (Fsp3) is 0.154. The van der Waals surface area contributed by atoms with Crippen LogP contribution in [0, 0.1) is 0 Å². The molecule has 4 rings (SSSR count). The van der Waals surface area contributed by atoms with Crippen LogP contribution in [0.25, 0.3) is 16.8 Å². The quantitative estimate of drug-likeness (QED) is 0.564. The maximum atomic E-state index is 13.2. The lowest BCUT2D eigenvalue weighted by Crippen LogP contribution is -2.12. The van der Waals surface area contributed by atoms with Crippen LogP contribution in [-0.4, -0.2) is 29.5 Å². The molecule has 4 aromatic heterocycles. The lowest BCUT2D eigenvalue weighted by atomic mass is 10.4. The standard InChI is InChI=1S/C13H7F3N6OS/c14-13(15,16)12-21-20-10-11(23-6-8-17-4-5-24-8)19-7-2-1-3-18-9(7)22(10)12/h1-5H,6H2. The normalized spacial score (nSPS) is 12.1. The molecule has 0 saturated heterocycles. The van der Waals surface area contributed by atoms with Crippen molar-refractivity contribution < 1.29 is 17.9 Å². The number of alkyl halides is 3. The van der Waals surface area contributed by atoms with Gasteiger partial charge in [0.05, 0.1) is 0 Å². The average Bonchev–Trinajstić information content (AvgIpc) is 3.21. The highest BCUT2D eigenvalue weighted by atomic mass is 32.1. The van der Waals surface area contributed by atoms with Crippen molar-refractivity contribution in [2.75, 3.05) is 0 Å². The van der Waals surface area contributed by atoms with Crippen molar-refractivity contribution in [3.05, 3.63) is 40.7 Å². The van der Waals surface area contributed by atoms with Gasteiger partial charge in [0.25, 0.3) is 5.88 Å². The molecule has 0 atom stereocenters. The van der Waals surface area contributed by atoms with Gasteiger partial charge in [-0.25, -0.2) is 19.4 Å². The Bertz CT molecular complexity index is 1010. The Morgan fingerprint density at radius 2 is 2.00 bits per heavy atom. The number of hydrogen-bond donors (Lipinski definition) is 0. The van der Waals surface area contributed by atoms with E-state index in [-0.39, 0.29) is 29.3 Å². The molecule has 122 valence electrons. The molecule has 0 fully saturated rings. The molecule has 0 bridgehead atoms. The molecule has 0 aliphatic rings. The first-order valence-electron chi connectivity index (χ1n) is 6.62. The van der Waals surface area contributed by atoms with Crippen molar-refractivity contribution in [3.8, 4) is 5.88 Å². The van der Waals surface area contributed by atoms with Crippen LogP contribution in [0.4, 0.5) is 13.2 Å². The molecule has 0 radical (unpaired) electrons. The highest BCUT2D eigenvalue weighted by molar-refractivity contribution is 7.09. The van der Waals surface area contributed by atoms with Gasteiger partial charge < -0.3 is 4.74 Å². The van der Waals surface area contributed by atoms with Crippen LogP contribution in [0.15, 0.2) is 29.9 Å². The van der Waals surface area contributed by atoms with E-state index in [4.69, 9.17) is 4.74 Å². The Morgan fingerprint density at radius 1 is 1.12 bits per heavy atom. The van der Waals surface area contributed by atoms with Gasteiger partial charge in [-0.15, -0.1) is 21.5 Å². The van der Waals surface area contributed by atoms with Gasteiger partial charge in [-0.2, -0.15) is 13.2 Å². The van der Waals surface area contributed by atoms with Crippen molar-refractivity contribution >= 4 is 28.1 Å². The minimum atomic E-state index is -4.68. The summed E-state index contributed by atoms with van der Waals surface area (Å²) < 4.78 is 45.9. The maximum Gasteiger partial charge on any atom is 0.452 e. The van der Waals surface area contributed by atoms with Crippen molar-refractivity contribution in [1.29, 1.82) is 0 Å². The van der Waals surface area contributed by atoms with Gasteiger partial charge in [0, 0.05) is 17.8 Å². The average molecular weight is 352 g/mol. The first-order chi connectivity index (χ1) is 11.5. The number of nitrogens with zero attached hydrogens (tertiary/aromatic N) is 6. The Balaban J connectivity index is 1.91. The van der Waals surface area contributed by atoms with E-state index in [1.807, 2.05) is 0 Å². The molecule has 0 N–H and O–H groups in total. The number of aromatic nitrogens is 6. The summed E-state index contributed by atoms with van der Waals surface area (Å²) in [6, 6.07) is 3.11. The number of rotatable bonds is 3. The number of ether oxygens (including phenoxy) is 1. The van der Waals surface area contributed by atoms with Crippen LogP contribution in [0.2, 0.25) is 0 Å². The summed E-state index contributed by atoms with van der Waals surface area (Å²) in [7, 11) is 0. The Kier molecular flexibility index (Phi) is 3.30. The van der Waals surface area contributed by atoms with Crippen molar-refractivity contribution in [2.45, 2.75) is 12.8 Å². The largest absolute Gasteiger partial charge is 0.468 e. The molecule has 0 spiro atoms. The van der Waals surface area contributed by atoms with Crippen molar-refractivity contribution in [2.24, 2.45) is 0 Å². The van der Waals surface area contributed by atoms with E-state index in [1.165, 1.54) is 23.6 Å². The fourth-order valence-electron chi connectivity index (χ4n) is 2.17.